The quantitative estimate of drug-likeness (QED) is 0.636. The molecule has 0 amide bonds. The van der Waals surface area contributed by atoms with E-state index in [4.69, 9.17) is 21.1 Å². The summed E-state index contributed by atoms with van der Waals surface area (Å²) in [5.41, 5.74) is 3.57. The van der Waals surface area contributed by atoms with Gasteiger partial charge in [-0.3, -0.25) is 9.78 Å². The summed E-state index contributed by atoms with van der Waals surface area (Å²) in [5, 5.41) is 0.685. The predicted molar refractivity (Wildman–Crippen MR) is 101 cm³/mol. The van der Waals surface area contributed by atoms with Gasteiger partial charge >= 0.3 is 5.97 Å². The highest BCUT2D eigenvalue weighted by Crippen LogP contribution is 2.41. The van der Waals surface area contributed by atoms with Crippen molar-refractivity contribution in [1.29, 1.82) is 0 Å². The number of carbonyl (C=O) groups excluding carboxylic acids is 1. The van der Waals surface area contributed by atoms with Gasteiger partial charge in [0, 0.05) is 28.8 Å². The molecule has 1 aromatic carbocycles. The van der Waals surface area contributed by atoms with Crippen LogP contribution in [-0.4, -0.2) is 11.0 Å². The van der Waals surface area contributed by atoms with Crippen LogP contribution in [0.1, 0.15) is 61.6 Å². The highest BCUT2D eigenvalue weighted by Gasteiger charge is 2.30. The van der Waals surface area contributed by atoms with Gasteiger partial charge < -0.3 is 9.47 Å². The lowest BCUT2D eigenvalue weighted by Crippen LogP contribution is -2.12. The Morgan fingerprint density at radius 3 is 2.81 bits per heavy atom. The SMILES string of the molecule is CCC(C)CCC(=O)Oc1c(C)ncc2c1COC2c1ccc(Cl)cc1. The second-order valence-corrected chi connectivity index (χ2v) is 7.31. The smallest absolute Gasteiger partial charge is 0.311 e. The minimum atomic E-state index is -0.215. The van der Waals surface area contributed by atoms with Crippen LogP contribution in [0.25, 0.3) is 0 Å². The molecule has 0 N–H and O–H groups in total. The number of hydrogen-bond acceptors (Lipinski definition) is 4. The zero-order valence-corrected chi connectivity index (χ0v) is 16.2. The van der Waals surface area contributed by atoms with Crippen LogP contribution in [0.4, 0.5) is 0 Å². The molecule has 2 unspecified atom stereocenters. The third kappa shape index (κ3) is 4.08. The molecule has 3 rings (SSSR count). The highest BCUT2D eigenvalue weighted by atomic mass is 35.5. The molecule has 1 aliphatic heterocycles. The molecule has 4 nitrogen and oxygen atoms in total. The van der Waals surface area contributed by atoms with E-state index in [0.29, 0.717) is 35.4 Å². The lowest BCUT2D eigenvalue weighted by molar-refractivity contribution is -0.134. The molecule has 5 heteroatoms. The van der Waals surface area contributed by atoms with Crippen LogP contribution in [0.5, 0.6) is 5.75 Å². The van der Waals surface area contributed by atoms with E-state index in [9.17, 15) is 4.79 Å². The third-order valence-electron chi connectivity index (χ3n) is 4.95. The molecule has 1 aromatic heterocycles. The number of rotatable bonds is 6. The van der Waals surface area contributed by atoms with Gasteiger partial charge in [0.15, 0.2) is 5.75 Å². The zero-order valence-electron chi connectivity index (χ0n) is 15.4. The first kappa shape index (κ1) is 18.9. The van der Waals surface area contributed by atoms with Crippen molar-refractivity contribution in [2.45, 2.75) is 52.7 Å². The fraction of sp³-hybridized carbons (Fsp3) is 0.429. The summed E-state index contributed by atoms with van der Waals surface area (Å²) in [7, 11) is 0. The van der Waals surface area contributed by atoms with E-state index < -0.39 is 0 Å². The number of nitrogens with zero attached hydrogens (tertiary/aromatic N) is 1. The Bertz CT molecular complexity index is 789. The first-order valence-corrected chi connectivity index (χ1v) is 9.43. The van der Waals surface area contributed by atoms with Crippen molar-refractivity contribution in [3.63, 3.8) is 0 Å². The van der Waals surface area contributed by atoms with Gasteiger partial charge in [-0.05, 0) is 37.0 Å². The van der Waals surface area contributed by atoms with E-state index in [2.05, 4.69) is 18.8 Å². The van der Waals surface area contributed by atoms with Crippen LogP contribution in [0.15, 0.2) is 30.5 Å². The average Bonchev–Trinajstić information content (AvgIpc) is 3.07. The lowest BCUT2D eigenvalue weighted by atomic mass is 10.00. The van der Waals surface area contributed by atoms with Gasteiger partial charge in [0.25, 0.3) is 0 Å². The molecule has 0 saturated carbocycles. The fourth-order valence-electron chi connectivity index (χ4n) is 3.07. The summed E-state index contributed by atoms with van der Waals surface area (Å²) < 4.78 is 11.7. The minimum absolute atomic E-state index is 0.210. The summed E-state index contributed by atoms with van der Waals surface area (Å²) in [6.07, 6.45) is 3.91. The van der Waals surface area contributed by atoms with Crippen LogP contribution in [0.2, 0.25) is 5.02 Å². The number of ether oxygens (including phenoxy) is 2. The van der Waals surface area contributed by atoms with Gasteiger partial charge in [0.1, 0.15) is 6.10 Å². The van der Waals surface area contributed by atoms with Gasteiger partial charge in [0.2, 0.25) is 0 Å². The molecule has 1 aliphatic rings. The number of carbonyl (C=O) groups is 1. The van der Waals surface area contributed by atoms with Crippen molar-refractivity contribution in [3.8, 4) is 5.75 Å². The molecule has 26 heavy (non-hydrogen) atoms. The van der Waals surface area contributed by atoms with Gasteiger partial charge in [-0.15, -0.1) is 0 Å². The second-order valence-electron chi connectivity index (χ2n) is 6.88. The number of aryl methyl sites for hydroxylation is 1. The maximum atomic E-state index is 12.3. The standard InChI is InChI=1S/C21H24ClNO3/c1-4-13(2)5-10-19(24)26-20-14(3)23-11-17-18(20)12-25-21(17)15-6-8-16(22)9-7-15/h6-9,11,13,21H,4-5,10,12H2,1-3H3. The second kappa shape index (κ2) is 8.19. The molecule has 0 spiro atoms. The zero-order chi connectivity index (χ0) is 18.7. The maximum absolute atomic E-state index is 12.3. The van der Waals surface area contributed by atoms with Crippen molar-refractivity contribution in [1.82, 2.24) is 4.98 Å². The number of pyridine rings is 1. The Labute approximate surface area is 159 Å². The van der Waals surface area contributed by atoms with Crippen LogP contribution in [0.3, 0.4) is 0 Å². The molecule has 0 radical (unpaired) electrons. The first-order chi connectivity index (χ1) is 12.5. The molecule has 0 aliphatic carbocycles. The third-order valence-corrected chi connectivity index (χ3v) is 5.20. The Morgan fingerprint density at radius 2 is 2.12 bits per heavy atom. The van der Waals surface area contributed by atoms with Crippen molar-refractivity contribution < 1.29 is 14.3 Å². The molecule has 0 saturated heterocycles. The summed E-state index contributed by atoms with van der Waals surface area (Å²) >= 11 is 5.97. The van der Waals surface area contributed by atoms with Gasteiger partial charge in [-0.25, -0.2) is 0 Å². The Kier molecular flexibility index (Phi) is 5.94. The summed E-state index contributed by atoms with van der Waals surface area (Å²) in [5.74, 6) is 0.854. The Balaban J connectivity index is 1.81. The monoisotopic (exact) mass is 373 g/mol. The summed E-state index contributed by atoms with van der Waals surface area (Å²) in [6, 6.07) is 7.57. The largest absolute Gasteiger partial charge is 0.424 e. The average molecular weight is 374 g/mol. The topological polar surface area (TPSA) is 48.4 Å². The molecule has 138 valence electrons. The molecule has 2 atom stereocenters. The van der Waals surface area contributed by atoms with E-state index in [-0.39, 0.29) is 12.1 Å². The summed E-state index contributed by atoms with van der Waals surface area (Å²) in [4.78, 5) is 16.7. The van der Waals surface area contributed by atoms with Crippen LogP contribution in [0, 0.1) is 12.8 Å². The Morgan fingerprint density at radius 1 is 1.38 bits per heavy atom. The molecular weight excluding hydrogens is 350 g/mol. The van der Waals surface area contributed by atoms with E-state index in [0.717, 1.165) is 29.5 Å². The van der Waals surface area contributed by atoms with Crippen molar-refractivity contribution >= 4 is 17.6 Å². The molecule has 0 bridgehead atoms. The molecule has 2 heterocycles. The van der Waals surface area contributed by atoms with Crippen LogP contribution >= 0.6 is 11.6 Å². The van der Waals surface area contributed by atoms with E-state index in [1.807, 2.05) is 37.4 Å². The fourth-order valence-corrected chi connectivity index (χ4v) is 3.19. The number of esters is 1. The maximum Gasteiger partial charge on any atom is 0.311 e. The summed E-state index contributed by atoms with van der Waals surface area (Å²) in [6.45, 7) is 6.53. The number of benzene rings is 1. The van der Waals surface area contributed by atoms with E-state index in [1.165, 1.54) is 0 Å². The number of halogens is 1. The highest BCUT2D eigenvalue weighted by molar-refractivity contribution is 6.30. The van der Waals surface area contributed by atoms with E-state index in [1.54, 1.807) is 0 Å². The number of aromatic nitrogens is 1. The number of fused-ring (bicyclic) bond motifs is 1. The van der Waals surface area contributed by atoms with Crippen molar-refractivity contribution in [3.05, 3.63) is 57.9 Å². The predicted octanol–water partition coefficient (Wildman–Crippen LogP) is 5.39. The van der Waals surface area contributed by atoms with Crippen LogP contribution in [-0.2, 0) is 16.1 Å². The van der Waals surface area contributed by atoms with Crippen LogP contribution < -0.4 is 4.74 Å². The first-order valence-electron chi connectivity index (χ1n) is 9.05. The normalized spacial score (nSPS) is 17.0. The van der Waals surface area contributed by atoms with E-state index >= 15 is 0 Å². The molecule has 0 fully saturated rings. The number of hydrogen-bond donors (Lipinski definition) is 0. The molecule has 2 aromatic rings. The van der Waals surface area contributed by atoms with Gasteiger partial charge in [-0.1, -0.05) is 44.0 Å². The Hall–Kier alpha value is -1.91. The van der Waals surface area contributed by atoms with Crippen molar-refractivity contribution in [2.75, 3.05) is 0 Å². The molecular formula is C21H24ClNO3. The minimum Gasteiger partial charge on any atom is -0.424 e. The van der Waals surface area contributed by atoms with Gasteiger partial charge in [-0.2, -0.15) is 0 Å². The van der Waals surface area contributed by atoms with Gasteiger partial charge in [0.05, 0.1) is 12.3 Å². The van der Waals surface area contributed by atoms with Crippen molar-refractivity contribution in [2.24, 2.45) is 5.92 Å². The lowest BCUT2D eigenvalue weighted by Gasteiger charge is -2.14.